The number of aromatic nitrogens is 3. The van der Waals surface area contributed by atoms with E-state index in [1.807, 2.05) is 13.0 Å². The van der Waals surface area contributed by atoms with Crippen LogP contribution in [0, 0.1) is 18.8 Å². The monoisotopic (exact) mass is 283 g/mol. The molecule has 0 saturated heterocycles. The topological polar surface area (TPSA) is 85.8 Å². The van der Waals surface area contributed by atoms with Crippen molar-refractivity contribution >= 4 is 5.91 Å². The minimum Gasteiger partial charge on any atom is -0.345 e. The molecule has 108 valence electrons. The summed E-state index contributed by atoms with van der Waals surface area (Å²) >= 11 is 0. The highest BCUT2D eigenvalue weighted by molar-refractivity contribution is 5.94. The van der Waals surface area contributed by atoms with Gasteiger partial charge in [-0.3, -0.25) is 9.48 Å². The molecule has 0 saturated carbocycles. The van der Waals surface area contributed by atoms with Crippen LogP contribution in [0.25, 0.3) is 0 Å². The second-order valence-corrected chi connectivity index (χ2v) is 4.55. The number of benzene rings is 1. The predicted molar refractivity (Wildman–Crippen MR) is 79.3 cm³/mol. The Bertz CT molecular complexity index is 708. The molecule has 0 fully saturated rings. The molecule has 2 aromatic rings. The molecule has 0 unspecified atom stereocenters. The minimum absolute atomic E-state index is 0.182. The molecule has 0 bridgehead atoms. The van der Waals surface area contributed by atoms with Crippen molar-refractivity contribution in [3.8, 4) is 11.8 Å². The Hall–Kier alpha value is -2.65. The van der Waals surface area contributed by atoms with Crippen molar-refractivity contribution in [3.63, 3.8) is 0 Å². The van der Waals surface area contributed by atoms with Gasteiger partial charge in [-0.25, -0.2) is 4.98 Å². The Labute approximate surface area is 123 Å². The number of hydrogen-bond donors (Lipinski definition) is 2. The maximum atomic E-state index is 12.1. The molecule has 0 aliphatic heterocycles. The molecule has 1 aromatic heterocycles. The van der Waals surface area contributed by atoms with E-state index >= 15 is 0 Å². The first-order chi connectivity index (χ1) is 10.1. The van der Waals surface area contributed by atoms with Gasteiger partial charge in [0, 0.05) is 18.2 Å². The summed E-state index contributed by atoms with van der Waals surface area (Å²) in [7, 11) is 1.78. The molecule has 0 spiro atoms. The third kappa shape index (κ3) is 3.91. The van der Waals surface area contributed by atoms with Crippen LogP contribution < -0.4 is 11.1 Å². The van der Waals surface area contributed by atoms with Gasteiger partial charge in [-0.05, 0) is 24.6 Å². The molecule has 0 aliphatic carbocycles. The molecule has 1 aromatic carbocycles. The van der Waals surface area contributed by atoms with E-state index in [0.29, 0.717) is 17.9 Å². The average Bonchev–Trinajstić information content (AvgIpc) is 2.89. The average molecular weight is 283 g/mol. The number of amides is 1. The van der Waals surface area contributed by atoms with Crippen LogP contribution in [0.5, 0.6) is 0 Å². The van der Waals surface area contributed by atoms with Crippen LogP contribution in [0.2, 0.25) is 0 Å². The van der Waals surface area contributed by atoms with E-state index < -0.39 is 0 Å². The molecule has 6 heteroatoms. The standard InChI is InChI=1S/C15H17N5O/c1-11-5-6-13(8-12(11)4-3-7-16)15(21)17-9-14-18-10-20(2)19-14/h5-6,8,10H,7,9,16H2,1-2H3,(H,17,21). The minimum atomic E-state index is -0.182. The summed E-state index contributed by atoms with van der Waals surface area (Å²) in [5, 5.41) is 6.88. The number of nitrogens with one attached hydrogen (secondary N) is 1. The Morgan fingerprint density at radius 2 is 2.29 bits per heavy atom. The van der Waals surface area contributed by atoms with Crippen molar-refractivity contribution in [2.45, 2.75) is 13.5 Å². The number of nitrogens with zero attached hydrogens (tertiary/aromatic N) is 3. The first-order valence-corrected chi connectivity index (χ1v) is 6.52. The highest BCUT2D eigenvalue weighted by Crippen LogP contribution is 2.10. The van der Waals surface area contributed by atoms with Gasteiger partial charge in [0.2, 0.25) is 0 Å². The zero-order chi connectivity index (χ0) is 15.2. The lowest BCUT2D eigenvalue weighted by Crippen LogP contribution is -2.23. The molecule has 6 nitrogen and oxygen atoms in total. The Kier molecular flexibility index (Phi) is 4.69. The number of aryl methyl sites for hydroxylation is 2. The smallest absolute Gasteiger partial charge is 0.251 e. The van der Waals surface area contributed by atoms with Crippen molar-refractivity contribution in [2.24, 2.45) is 12.8 Å². The lowest BCUT2D eigenvalue weighted by molar-refractivity contribution is 0.0950. The first kappa shape index (κ1) is 14.8. The SMILES string of the molecule is Cc1ccc(C(=O)NCc2ncn(C)n2)cc1C#CCN. The molecular formula is C15H17N5O. The Morgan fingerprint density at radius 1 is 1.48 bits per heavy atom. The summed E-state index contributed by atoms with van der Waals surface area (Å²) in [4.78, 5) is 16.2. The van der Waals surface area contributed by atoms with E-state index in [2.05, 4.69) is 27.2 Å². The number of carbonyl (C=O) groups is 1. The largest absolute Gasteiger partial charge is 0.345 e. The third-order valence-electron chi connectivity index (χ3n) is 2.88. The van der Waals surface area contributed by atoms with Gasteiger partial charge in [0.05, 0.1) is 13.1 Å². The highest BCUT2D eigenvalue weighted by atomic mass is 16.1. The lowest BCUT2D eigenvalue weighted by atomic mass is 10.0. The van der Waals surface area contributed by atoms with Crippen molar-refractivity contribution in [2.75, 3.05) is 6.54 Å². The predicted octanol–water partition coefficient (Wildman–Crippen LogP) is 0.364. The summed E-state index contributed by atoms with van der Waals surface area (Å²) in [6, 6.07) is 5.40. The van der Waals surface area contributed by atoms with Gasteiger partial charge < -0.3 is 11.1 Å². The fourth-order valence-corrected chi connectivity index (χ4v) is 1.77. The van der Waals surface area contributed by atoms with Gasteiger partial charge >= 0.3 is 0 Å². The maximum absolute atomic E-state index is 12.1. The summed E-state index contributed by atoms with van der Waals surface area (Å²) in [6.45, 7) is 2.53. The van der Waals surface area contributed by atoms with E-state index in [1.54, 1.807) is 30.2 Å². The second-order valence-electron chi connectivity index (χ2n) is 4.55. The lowest BCUT2D eigenvalue weighted by Gasteiger charge is -2.05. The van der Waals surface area contributed by atoms with Crippen molar-refractivity contribution in [1.82, 2.24) is 20.1 Å². The van der Waals surface area contributed by atoms with E-state index in [0.717, 1.165) is 11.1 Å². The van der Waals surface area contributed by atoms with Gasteiger partial charge in [0.15, 0.2) is 5.82 Å². The molecule has 2 rings (SSSR count). The van der Waals surface area contributed by atoms with Gasteiger partial charge in [-0.2, -0.15) is 5.10 Å². The molecule has 3 N–H and O–H groups in total. The summed E-state index contributed by atoms with van der Waals surface area (Å²) < 4.78 is 1.59. The molecular weight excluding hydrogens is 266 g/mol. The van der Waals surface area contributed by atoms with E-state index in [-0.39, 0.29) is 12.5 Å². The van der Waals surface area contributed by atoms with Gasteiger partial charge in [-0.15, -0.1) is 0 Å². The van der Waals surface area contributed by atoms with Crippen molar-refractivity contribution < 1.29 is 4.79 Å². The normalized spacial score (nSPS) is 9.86. The van der Waals surface area contributed by atoms with Crippen molar-refractivity contribution in [3.05, 3.63) is 47.0 Å². The Balaban J connectivity index is 2.08. The molecule has 21 heavy (non-hydrogen) atoms. The highest BCUT2D eigenvalue weighted by Gasteiger charge is 2.08. The fourth-order valence-electron chi connectivity index (χ4n) is 1.77. The number of rotatable bonds is 3. The van der Waals surface area contributed by atoms with Crippen LogP contribution in [0.4, 0.5) is 0 Å². The van der Waals surface area contributed by atoms with Crippen LogP contribution in [-0.4, -0.2) is 27.2 Å². The van der Waals surface area contributed by atoms with Crippen LogP contribution in [0.15, 0.2) is 24.5 Å². The molecule has 1 amide bonds. The first-order valence-electron chi connectivity index (χ1n) is 6.52. The van der Waals surface area contributed by atoms with Crippen LogP contribution in [0.1, 0.15) is 27.3 Å². The second kappa shape index (κ2) is 6.68. The van der Waals surface area contributed by atoms with Crippen LogP contribution in [-0.2, 0) is 13.6 Å². The molecule has 0 aliphatic rings. The summed E-state index contributed by atoms with van der Waals surface area (Å²) in [6.07, 6.45) is 1.59. The third-order valence-corrected chi connectivity index (χ3v) is 2.88. The molecule has 0 atom stereocenters. The Morgan fingerprint density at radius 3 is 2.95 bits per heavy atom. The van der Waals surface area contributed by atoms with E-state index in [9.17, 15) is 4.79 Å². The van der Waals surface area contributed by atoms with E-state index in [4.69, 9.17) is 5.73 Å². The summed E-state index contributed by atoms with van der Waals surface area (Å²) in [5.74, 6) is 6.15. The number of nitrogens with two attached hydrogens (primary N) is 1. The zero-order valence-corrected chi connectivity index (χ0v) is 12.1. The zero-order valence-electron chi connectivity index (χ0n) is 12.1. The summed E-state index contributed by atoms with van der Waals surface area (Å²) in [5.41, 5.74) is 7.75. The van der Waals surface area contributed by atoms with E-state index in [1.165, 1.54) is 0 Å². The molecule has 0 radical (unpaired) electrons. The number of carbonyl (C=O) groups excluding carboxylic acids is 1. The van der Waals surface area contributed by atoms with Crippen molar-refractivity contribution in [1.29, 1.82) is 0 Å². The maximum Gasteiger partial charge on any atom is 0.251 e. The van der Waals surface area contributed by atoms with Crippen LogP contribution in [0.3, 0.4) is 0 Å². The van der Waals surface area contributed by atoms with Crippen LogP contribution >= 0.6 is 0 Å². The number of hydrogen-bond acceptors (Lipinski definition) is 4. The van der Waals surface area contributed by atoms with Gasteiger partial charge in [0.1, 0.15) is 6.33 Å². The fraction of sp³-hybridized carbons (Fsp3) is 0.267. The quantitative estimate of drug-likeness (QED) is 0.797. The van der Waals surface area contributed by atoms with Gasteiger partial charge in [-0.1, -0.05) is 17.9 Å². The molecule has 1 heterocycles. The van der Waals surface area contributed by atoms with Gasteiger partial charge in [0.25, 0.3) is 5.91 Å².